The van der Waals surface area contributed by atoms with Crippen LogP contribution in [0.15, 0.2) is 24.7 Å². The van der Waals surface area contributed by atoms with Crippen LogP contribution in [0.2, 0.25) is 5.02 Å². The number of aryl methyl sites for hydroxylation is 1. The molecular weight excluding hydrogens is 250 g/mol. The van der Waals surface area contributed by atoms with Crippen molar-refractivity contribution in [1.29, 1.82) is 0 Å². The van der Waals surface area contributed by atoms with E-state index in [9.17, 15) is 0 Å². The Labute approximate surface area is 111 Å². The first-order chi connectivity index (χ1) is 8.79. The van der Waals surface area contributed by atoms with Gasteiger partial charge in [0.15, 0.2) is 0 Å². The van der Waals surface area contributed by atoms with Crippen LogP contribution < -0.4 is 5.73 Å². The average molecular weight is 266 g/mol. The summed E-state index contributed by atoms with van der Waals surface area (Å²) < 4.78 is 1.79. The number of hydrogen-bond acceptors (Lipinski definition) is 4. The molecule has 0 aliphatic carbocycles. The van der Waals surface area contributed by atoms with Gasteiger partial charge in [-0.05, 0) is 37.4 Å². The minimum atomic E-state index is 0.616. The van der Waals surface area contributed by atoms with E-state index in [1.807, 2.05) is 12.3 Å². The summed E-state index contributed by atoms with van der Waals surface area (Å²) in [6.07, 6.45) is 8.29. The highest BCUT2D eigenvalue weighted by Crippen LogP contribution is 2.14. The minimum Gasteiger partial charge on any atom is -0.330 e. The number of hydrogen-bond donors (Lipinski definition) is 1. The Balaban J connectivity index is 1.96. The van der Waals surface area contributed by atoms with E-state index < -0.39 is 0 Å². The molecule has 18 heavy (non-hydrogen) atoms. The lowest BCUT2D eigenvalue weighted by Crippen LogP contribution is -2.01. The summed E-state index contributed by atoms with van der Waals surface area (Å²) in [5.74, 6) is 0. The van der Waals surface area contributed by atoms with Gasteiger partial charge >= 0.3 is 0 Å². The Hall–Kier alpha value is -1.46. The maximum absolute atomic E-state index is 6.05. The van der Waals surface area contributed by atoms with Crippen molar-refractivity contribution in [3.8, 4) is 0 Å². The van der Waals surface area contributed by atoms with Crippen LogP contribution in [0.1, 0.15) is 24.1 Å². The number of nitrogens with zero attached hydrogens (tertiary/aromatic N) is 4. The number of aromatic nitrogens is 4. The van der Waals surface area contributed by atoms with Crippen molar-refractivity contribution in [3.63, 3.8) is 0 Å². The summed E-state index contributed by atoms with van der Waals surface area (Å²) in [4.78, 5) is 3.95. The molecule has 0 aromatic carbocycles. The zero-order chi connectivity index (χ0) is 12.8. The zero-order valence-electron chi connectivity index (χ0n) is 10.1. The van der Waals surface area contributed by atoms with Crippen LogP contribution in [-0.4, -0.2) is 26.5 Å². The van der Waals surface area contributed by atoms with E-state index in [-0.39, 0.29) is 0 Å². The summed E-state index contributed by atoms with van der Waals surface area (Å²) in [7, 11) is 0. The predicted molar refractivity (Wildman–Crippen MR) is 70.4 cm³/mol. The fourth-order valence-electron chi connectivity index (χ4n) is 1.69. The number of pyridine rings is 1. The molecule has 6 heteroatoms. The summed E-state index contributed by atoms with van der Waals surface area (Å²) in [6.45, 7) is 1.34. The predicted octanol–water partition coefficient (Wildman–Crippen LogP) is 1.66. The first-order valence-corrected chi connectivity index (χ1v) is 6.35. The number of halogens is 1. The van der Waals surface area contributed by atoms with Gasteiger partial charge in [-0.1, -0.05) is 16.8 Å². The van der Waals surface area contributed by atoms with Crippen LogP contribution >= 0.6 is 11.6 Å². The van der Waals surface area contributed by atoms with Gasteiger partial charge in [0.05, 0.1) is 17.3 Å². The number of nitrogens with two attached hydrogens (primary N) is 1. The highest BCUT2D eigenvalue weighted by Gasteiger charge is 2.04. The van der Waals surface area contributed by atoms with Gasteiger partial charge in [0.1, 0.15) is 0 Å². The Morgan fingerprint density at radius 1 is 1.33 bits per heavy atom. The fourth-order valence-corrected chi connectivity index (χ4v) is 1.87. The molecule has 96 valence electrons. The van der Waals surface area contributed by atoms with E-state index in [1.165, 1.54) is 0 Å². The van der Waals surface area contributed by atoms with Gasteiger partial charge < -0.3 is 5.73 Å². The molecule has 0 aliphatic rings. The van der Waals surface area contributed by atoms with E-state index in [4.69, 9.17) is 17.3 Å². The molecule has 2 aromatic heterocycles. The fraction of sp³-hybridized carbons (Fsp3) is 0.417. The van der Waals surface area contributed by atoms with Crippen molar-refractivity contribution in [2.75, 3.05) is 6.54 Å². The summed E-state index contributed by atoms with van der Waals surface area (Å²) in [5.41, 5.74) is 7.44. The van der Waals surface area contributed by atoms with E-state index in [0.29, 0.717) is 11.6 Å². The van der Waals surface area contributed by atoms with Crippen LogP contribution in [0.5, 0.6) is 0 Å². The molecule has 0 saturated heterocycles. The van der Waals surface area contributed by atoms with Crippen LogP contribution in [0.4, 0.5) is 0 Å². The van der Waals surface area contributed by atoms with E-state index in [2.05, 4.69) is 15.3 Å². The summed E-state index contributed by atoms with van der Waals surface area (Å²) in [6, 6.07) is 1.89. The lowest BCUT2D eigenvalue weighted by atomic mass is 10.2. The van der Waals surface area contributed by atoms with E-state index in [1.54, 1.807) is 17.1 Å². The Morgan fingerprint density at radius 2 is 2.22 bits per heavy atom. The maximum atomic E-state index is 6.05. The Bertz CT molecular complexity index is 497. The van der Waals surface area contributed by atoms with Crippen molar-refractivity contribution in [1.82, 2.24) is 20.0 Å². The second kappa shape index (κ2) is 6.47. The highest BCUT2D eigenvalue weighted by molar-refractivity contribution is 6.31. The van der Waals surface area contributed by atoms with E-state index in [0.717, 1.165) is 37.1 Å². The zero-order valence-corrected chi connectivity index (χ0v) is 10.8. The summed E-state index contributed by atoms with van der Waals surface area (Å²) in [5, 5.41) is 8.87. The molecule has 0 atom stereocenters. The third kappa shape index (κ3) is 3.51. The molecule has 0 fully saturated rings. The molecule has 0 bridgehead atoms. The van der Waals surface area contributed by atoms with Crippen LogP contribution in [0.3, 0.4) is 0 Å². The van der Waals surface area contributed by atoms with Crippen molar-refractivity contribution < 1.29 is 0 Å². The van der Waals surface area contributed by atoms with Crippen molar-refractivity contribution in [2.45, 2.75) is 25.8 Å². The third-order valence-corrected chi connectivity index (χ3v) is 3.00. The van der Waals surface area contributed by atoms with Crippen LogP contribution in [0.25, 0.3) is 0 Å². The van der Waals surface area contributed by atoms with E-state index >= 15 is 0 Å². The number of unbranched alkanes of at least 4 members (excludes halogenated alkanes) is 1. The molecular formula is C12H16ClN5. The van der Waals surface area contributed by atoms with Crippen molar-refractivity contribution >= 4 is 11.6 Å². The van der Waals surface area contributed by atoms with Gasteiger partial charge in [0.2, 0.25) is 0 Å². The molecule has 0 saturated carbocycles. The minimum absolute atomic E-state index is 0.616. The smallest absolute Gasteiger partial charge is 0.0827 e. The second-order valence-corrected chi connectivity index (χ2v) is 4.53. The lowest BCUT2D eigenvalue weighted by Gasteiger charge is -2.02. The summed E-state index contributed by atoms with van der Waals surface area (Å²) >= 11 is 6.05. The van der Waals surface area contributed by atoms with Crippen LogP contribution in [-0.2, 0) is 13.0 Å². The molecule has 0 aliphatic heterocycles. The molecule has 0 radical (unpaired) electrons. The monoisotopic (exact) mass is 265 g/mol. The third-order valence-electron chi connectivity index (χ3n) is 2.66. The van der Waals surface area contributed by atoms with Crippen molar-refractivity contribution in [3.05, 3.63) is 40.9 Å². The first-order valence-electron chi connectivity index (χ1n) is 5.97. The van der Waals surface area contributed by atoms with Gasteiger partial charge in [-0.15, -0.1) is 5.10 Å². The Kier molecular flexibility index (Phi) is 4.66. The standard InChI is InChI=1S/C12H16ClN5/c13-12-7-15-6-4-10(12)8-18-9-11(16-17-18)3-1-2-5-14/h4,6-7,9H,1-3,5,8,14H2. The topological polar surface area (TPSA) is 69.6 Å². The number of rotatable bonds is 6. The SMILES string of the molecule is NCCCCc1cn(Cc2ccncc2Cl)nn1. The van der Waals surface area contributed by atoms with Gasteiger partial charge in [0.25, 0.3) is 0 Å². The average Bonchev–Trinajstić information content (AvgIpc) is 2.80. The van der Waals surface area contributed by atoms with Crippen LogP contribution in [0, 0.1) is 0 Å². The maximum Gasteiger partial charge on any atom is 0.0827 e. The molecule has 2 rings (SSSR count). The molecule has 2 N–H and O–H groups in total. The lowest BCUT2D eigenvalue weighted by molar-refractivity contribution is 0.648. The van der Waals surface area contributed by atoms with Gasteiger partial charge in [-0.25, -0.2) is 4.68 Å². The molecule has 5 nitrogen and oxygen atoms in total. The molecule has 2 heterocycles. The first kappa shape index (κ1) is 13.0. The normalized spacial score (nSPS) is 10.8. The largest absolute Gasteiger partial charge is 0.330 e. The second-order valence-electron chi connectivity index (χ2n) is 4.12. The van der Waals surface area contributed by atoms with Gasteiger partial charge in [-0.3, -0.25) is 4.98 Å². The molecule has 0 amide bonds. The van der Waals surface area contributed by atoms with Gasteiger partial charge in [-0.2, -0.15) is 0 Å². The molecule has 2 aromatic rings. The Morgan fingerprint density at radius 3 is 3.00 bits per heavy atom. The molecule has 0 spiro atoms. The van der Waals surface area contributed by atoms with Gasteiger partial charge in [0, 0.05) is 18.6 Å². The molecule has 0 unspecified atom stereocenters. The van der Waals surface area contributed by atoms with Crippen molar-refractivity contribution in [2.24, 2.45) is 5.73 Å². The quantitative estimate of drug-likeness (QED) is 0.807. The highest BCUT2D eigenvalue weighted by atomic mass is 35.5.